The summed E-state index contributed by atoms with van der Waals surface area (Å²) in [7, 11) is 2.07. The third-order valence-corrected chi connectivity index (χ3v) is 5.28. The van der Waals surface area contributed by atoms with Crippen LogP contribution in [0.25, 0.3) is 11.0 Å². The van der Waals surface area contributed by atoms with E-state index in [1.807, 2.05) is 12.3 Å². The third-order valence-electron chi connectivity index (χ3n) is 5.28. The summed E-state index contributed by atoms with van der Waals surface area (Å²) in [5, 5.41) is 9.54. The van der Waals surface area contributed by atoms with Gasteiger partial charge in [-0.05, 0) is 30.7 Å². The van der Waals surface area contributed by atoms with Crippen LogP contribution in [-0.2, 0) is 4.89 Å². The fourth-order valence-corrected chi connectivity index (χ4v) is 4.10. The molecule has 4 rings (SSSR count). The van der Waals surface area contributed by atoms with Crippen molar-refractivity contribution in [3.05, 3.63) is 18.6 Å². The lowest BCUT2D eigenvalue weighted by Gasteiger charge is -2.27. The minimum absolute atomic E-state index is 0.394. The van der Waals surface area contributed by atoms with Gasteiger partial charge in [-0.15, -0.1) is 0 Å². The summed E-state index contributed by atoms with van der Waals surface area (Å²) < 4.78 is 0. The highest BCUT2D eigenvalue weighted by Gasteiger charge is 2.44. The first-order valence-electron chi connectivity index (χ1n) is 7.78. The Kier molecular flexibility index (Phi) is 3.33. The number of nitrogens with one attached hydrogen (secondary N) is 1. The van der Waals surface area contributed by atoms with Crippen molar-refractivity contribution in [1.29, 1.82) is 0 Å². The molecule has 1 amide bonds. The molecule has 3 atom stereocenters. The Morgan fingerprint density at radius 1 is 1.39 bits per heavy atom. The van der Waals surface area contributed by atoms with Crippen LogP contribution in [0.15, 0.2) is 18.6 Å². The number of carbonyl (C=O) groups excluding carboxylic acids is 1. The van der Waals surface area contributed by atoms with Gasteiger partial charge in [0.1, 0.15) is 17.8 Å². The summed E-state index contributed by atoms with van der Waals surface area (Å²) in [5.41, 5.74) is 0.844. The number of amides is 1. The van der Waals surface area contributed by atoms with E-state index in [0.29, 0.717) is 31.0 Å². The lowest BCUT2D eigenvalue weighted by atomic mass is 10.0. The highest BCUT2D eigenvalue weighted by molar-refractivity contribution is 5.87. The van der Waals surface area contributed by atoms with Crippen LogP contribution in [0.1, 0.15) is 12.8 Å². The lowest BCUT2D eigenvalue weighted by Crippen LogP contribution is -2.34. The summed E-state index contributed by atoms with van der Waals surface area (Å²) in [6.07, 6.45) is 4.82. The highest BCUT2D eigenvalue weighted by Crippen LogP contribution is 2.41. The molecule has 8 nitrogen and oxygen atoms in total. The van der Waals surface area contributed by atoms with Crippen molar-refractivity contribution in [3.63, 3.8) is 0 Å². The Balaban J connectivity index is 1.49. The number of aromatic nitrogens is 3. The van der Waals surface area contributed by atoms with Crippen molar-refractivity contribution in [2.24, 2.45) is 11.8 Å². The molecule has 0 radical (unpaired) electrons. The second-order valence-electron chi connectivity index (χ2n) is 6.46. The maximum Gasteiger partial charge on any atom is 0.441 e. The number of hydrogen-bond donors (Lipinski definition) is 2. The molecule has 1 saturated carbocycles. The van der Waals surface area contributed by atoms with Crippen molar-refractivity contribution < 1.29 is 14.9 Å². The molecule has 0 bridgehead atoms. The SMILES string of the molecule is CN(c1ncnc2[nH]ccc12)C1C[C@@H]2CN(C(=O)OO)C[C@@H]2C1. The Hall–Kier alpha value is -2.35. The number of likely N-dealkylation sites (tertiary alicyclic amines) is 1. The molecule has 1 unspecified atom stereocenters. The molecule has 8 heteroatoms. The van der Waals surface area contributed by atoms with E-state index >= 15 is 0 Å². The molecular weight excluding hydrogens is 298 g/mol. The molecule has 3 heterocycles. The molecule has 2 aromatic rings. The van der Waals surface area contributed by atoms with Crippen LogP contribution < -0.4 is 4.90 Å². The number of hydrogen-bond acceptors (Lipinski definition) is 6. The number of aromatic amines is 1. The van der Waals surface area contributed by atoms with Gasteiger partial charge < -0.3 is 14.8 Å². The Labute approximate surface area is 133 Å². The molecule has 23 heavy (non-hydrogen) atoms. The van der Waals surface area contributed by atoms with Crippen LogP contribution in [-0.4, -0.2) is 57.4 Å². The molecule has 1 aliphatic heterocycles. The molecule has 0 aromatic carbocycles. The Bertz CT molecular complexity index is 719. The van der Waals surface area contributed by atoms with Gasteiger partial charge >= 0.3 is 6.09 Å². The van der Waals surface area contributed by atoms with Crippen LogP contribution in [0.4, 0.5) is 10.6 Å². The molecule has 2 aromatic heterocycles. The number of rotatable bonds is 2. The maximum atomic E-state index is 11.4. The van der Waals surface area contributed by atoms with E-state index in [1.54, 1.807) is 11.2 Å². The average molecular weight is 317 g/mol. The van der Waals surface area contributed by atoms with Crippen molar-refractivity contribution in [2.75, 3.05) is 25.0 Å². The second kappa shape index (κ2) is 5.38. The second-order valence-corrected chi connectivity index (χ2v) is 6.46. The van der Waals surface area contributed by atoms with Gasteiger partial charge in [-0.3, -0.25) is 4.89 Å². The first-order valence-corrected chi connectivity index (χ1v) is 7.78. The largest absolute Gasteiger partial charge is 0.441 e. The van der Waals surface area contributed by atoms with Gasteiger partial charge in [0.25, 0.3) is 0 Å². The van der Waals surface area contributed by atoms with Gasteiger partial charge in [-0.25, -0.2) is 14.8 Å². The summed E-state index contributed by atoms with van der Waals surface area (Å²) >= 11 is 0. The zero-order valence-electron chi connectivity index (χ0n) is 12.8. The third kappa shape index (κ3) is 2.29. The maximum absolute atomic E-state index is 11.4. The van der Waals surface area contributed by atoms with Gasteiger partial charge in [0.15, 0.2) is 0 Å². The minimum Gasteiger partial charge on any atom is -0.356 e. The first kappa shape index (κ1) is 14.3. The molecule has 0 spiro atoms. The van der Waals surface area contributed by atoms with Crippen LogP contribution >= 0.6 is 0 Å². The average Bonchev–Trinajstić information content (AvgIpc) is 3.26. The monoisotopic (exact) mass is 317 g/mol. The summed E-state index contributed by atoms with van der Waals surface area (Å²) in [5.74, 6) is 1.84. The fraction of sp³-hybridized carbons (Fsp3) is 0.533. The predicted molar refractivity (Wildman–Crippen MR) is 83.0 cm³/mol. The molecule has 2 aliphatic rings. The van der Waals surface area contributed by atoms with Crippen molar-refractivity contribution in [1.82, 2.24) is 19.9 Å². The molecular formula is C15H19N5O3. The van der Waals surface area contributed by atoms with Crippen LogP contribution in [0.2, 0.25) is 0 Å². The molecule has 1 saturated heterocycles. The summed E-state index contributed by atoms with van der Waals surface area (Å²) in [6, 6.07) is 2.39. The highest BCUT2D eigenvalue weighted by atomic mass is 17.1. The summed E-state index contributed by atoms with van der Waals surface area (Å²) in [6.45, 7) is 1.30. The van der Waals surface area contributed by atoms with Crippen LogP contribution in [0, 0.1) is 11.8 Å². The molecule has 122 valence electrons. The minimum atomic E-state index is -0.644. The topological polar surface area (TPSA) is 94.6 Å². The van der Waals surface area contributed by atoms with Gasteiger partial charge in [-0.1, -0.05) is 0 Å². The number of nitrogens with zero attached hydrogens (tertiary/aromatic N) is 4. The van der Waals surface area contributed by atoms with Crippen LogP contribution in [0.5, 0.6) is 0 Å². The van der Waals surface area contributed by atoms with Crippen molar-refractivity contribution in [3.8, 4) is 0 Å². The standard InChI is InChI=1S/C15H19N5O3/c1-19(14-12-2-3-16-13(12)17-8-18-14)11-4-9-6-20(15(21)23-22)7-10(9)5-11/h2-3,8-11,22H,4-7H2,1H3,(H,16,17,18)/t9-,10+,11?. The quantitative estimate of drug-likeness (QED) is 0.647. The summed E-state index contributed by atoms with van der Waals surface area (Å²) in [4.78, 5) is 30.9. The molecule has 1 aliphatic carbocycles. The smallest absolute Gasteiger partial charge is 0.356 e. The van der Waals surface area contributed by atoms with Gasteiger partial charge in [0, 0.05) is 32.4 Å². The van der Waals surface area contributed by atoms with Crippen LogP contribution in [0.3, 0.4) is 0 Å². The van der Waals surface area contributed by atoms with Crippen molar-refractivity contribution in [2.45, 2.75) is 18.9 Å². The van der Waals surface area contributed by atoms with E-state index in [1.165, 1.54) is 0 Å². The lowest BCUT2D eigenvalue weighted by molar-refractivity contribution is -0.187. The number of fused-ring (bicyclic) bond motifs is 2. The van der Waals surface area contributed by atoms with Crippen molar-refractivity contribution >= 4 is 22.9 Å². The number of carbonyl (C=O) groups is 1. The number of H-pyrrole nitrogens is 1. The molecule has 2 N–H and O–H groups in total. The van der Waals surface area contributed by atoms with E-state index in [-0.39, 0.29) is 0 Å². The van der Waals surface area contributed by atoms with Gasteiger partial charge in [0.05, 0.1) is 5.39 Å². The van der Waals surface area contributed by atoms with E-state index in [2.05, 4.69) is 31.8 Å². The van der Waals surface area contributed by atoms with E-state index in [0.717, 1.165) is 29.7 Å². The Morgan fingerprint density at radius 2 is 2.13 bits per heavy atom. The van der Waals surface area contributed by atoms with E-state index < -0.39 is 6.09 Å². The number of anilines is 1. The zero-order valence-corrected chi connectivity index (χ0v) is 12.8. The Morgan fingerprint density at radius 3 is 2.83 bits per heavy atom. The first-order chi connectivity index (χ1) is 11.2. The normalized spacial score (nSPS) is 26.5. The van der Waals surface area contributed by atoms with Gasteiger partial charge in [0.2, 0.25) is 0 Å². The molecule has 2 fully saturated rings. The fourth-order valence-electron chi connectivity index (χ4n) is 4.10. The van der Waals surface area contributed by atoms with Gasteiger partial charge in [-0.2, -0.15) is 5.26 Å². The van der Waals surface area contributed by atoms with E-state index in [9.17, 15) is 4.79 Å². The predicted octanol–water partition coefficient (Wildman–Crippen LogP) is 1.71. The van der Waals surface area contributed by atoms with E-state index in [4.69, 9.17) is 5.26 Å². The zero-order chi connectivity index (χ0) is 16.0.